The Balaban J connectivity index is 1.40. The number of hydroxylamine groups is 1. The number of fused-ring (bicyclic) bond motifs is 1. The van der Waals surface area contributed by atoms with Crippen molar-refractivity contribution in [2.45, 2.75) is 6.54 Å². The number of benzene rings is 2. The quantitative estimate of drug-likeness (QED) is 0.444. The van der Waals surface area contributed by atoms with Gasteiger partial charge in [0.15, 0.2) is 11.5 Å². The standard InChI is InChI=1S/C21H22ClN3O4/c22-17-12-20-19(28-14-29-20)11-16(17)13-24-7-9-25(10-8-24)18-4-2-1-3-15(18)5-6-21(26)23-27/h1-6,11-12,27H,7-10,13-14H2,(H,23,26)/b6-5+. The zero-order chi connectivity index (χ0) is 20.2. The van der Waals surface area contributed by atoms with Crippen molar-refractivity contribution < 1.29 is 19.5 Å². The van der Waals surface area contributed by atoms with Crippen LogP contribution in [-0.4, -0.2) is 49.0 Å². The molecule has 0 saturated carbocycles. The molecule has 1 fully saturated rings. The van der Waals surface area contributed by atoms with Crippen LogP contribution in [0.2, 0.25) is 5.02 Å². The first kappa shape index (κ1) is 19.6. The maximum absolute atomic E-state index is 11.3. The molecule has 0 spiro atoms. The van der Waals surface area contributed by atoms with Crippen LogP contribution in [0.15, 0.2) is 42.5 Å². The highest BCUT2D eigenvalue weighted by Gasteiger charge is 2.22. The first-order chi connectivity index (χ1) is 14.1. The third-order valence-electron chi connectivity index (χ3n) is 5.11. The van der Waals surface area contributed by atoms with Crippen LogP contribution in [0.25, 0.3) is 6.08 Å². The lowest BCUT2D eigenvalue weighted by molar-refractivity contribution is -0.124. The molecular weight excluding hydrogens is 394 g/mol. The fourth-order valence-corrected chi connectivity index (χ4v) is 3.80. The van der Waals surface area contributed by atoms with Gasteiger partial charge in [-0.25, -0.2) is 5.48 Å². The Morgan fingerprint density at radius 1 is 1.14 bits per heavy atom. The number of hydrogen-bond donors (Lipinski definition) is 2. The minimum atomic E-state index is -0.551. The van der Waals surface area contributed by atoms with E-state index < -0.39 is 5.91 Å². The Labute approximate surface area is 174 Å². The molecule has 4 rings (SSSR count). The van der Waals surface area contributed by atoms with E-state index in [-0.39, 0.29) is 6.79 Å². The van der Waals surface area contributed by atoms with Crippen LogP contribution in [-0.2, 0) is 11.3 Å². The summed E-state index contributed by atoms with van der Waals surface area (Å²) in [7, 11) is 0. The highest BCUT2D eigenvalue weighted by Crippen LogP contribution is 2.37. The number of hydrogen-bond acceptors (Lipinski definition) is 6. The third-order valence-corrected chi connectivity index (χ3v) is 5.46. The second-order valence-corrected chi connectivity index (χ2v) is 7.34. The average molecular weight is 416 g/mol. The van der Waals surface area contributed by atoms with Crippen molar-refractivity contribution in [3.05, 3.63) is 58.6 Å². The molecule has 0 bridgehead atoms. The highest BCUT2D eigenvalue weighted by atomic mass is 35.5. The highest BCUT2D eigenvalue weighted by molar-refractivity contribution is 6.31. The molecule has 2 aliphatic rings. The summed E-state index contributed by atoms with van der Waals surface area (Å²) in [5, 5.41) is 9.35. The lowest BCUT2D eigenvalue weighted by Gasteiger charge is -2.37. The number of halogens is 1. The third kappa shape index (κ3) is 4.48. The number of anilines is 1. The fourth-order valence-electron chi connectivity index (χ4n) is 3.59. The molecule has 2 N–H and O–H groups in total. The lowest BCUT2D eigenvalue weighted by atomic mass is 10.1. The fraction of sp³-hybridized carbons (Fsp3) is 0.286. The van der Waals surface area contributed by atoms with Crippen LogP contribution < -0.4 is 19.9 Å². The predicted octanol–water partition coefficient (Wildman–Crippen LogP) is 2.91. The summed E-state index contributed by atoms with van der Waals surface area (Å²) in [6.07, 6.45) is 3.02. The van der Waals surface area contributed by atoms with Crippen molar-refractivity contribution in [2.75, 3.05) is 37.9 Å². The molecule has 0 aliphatic carbocycles. The van der Waals surface area contributed by atoms with Crippen LogP contribution in [0, 0.1) is 0 Å². The molecule has 7 nitrogen and oxygen atoms in total. The number of nitrogens with one attached hydrogen (secondary N) is 1. The van der Waals surface area contributed by atoms with E-state index in [0.29, 0.717) is 10.8 Å². The summed E-state index contributed by atoms with van der Waals surface area (Å²) >= 11 is 6.41. The summed E-state index contributed by atoms with van der Waals surface area (Å²) < 4.78 is 10.8. The second kappa shape index (κ2) is 8.73. The molecule has 1 amide bonds. The van der Waals surface area contributed by atoms with E-state index in [9.17, 15) is 4.79 Å². The summed E-state index contributed by atoms with van der Waals surface area (Å²) in [6.45, 7) is 4.49. The van der Waals surface area contributed by atoms with E-state index in [0.717, 1.165) is 55.3 Å². The SMILES string of the molecule is O=C(/C=C/c1ccccc1N1CCN(Cc2cc3c(cc2Cl)OCO3)CC1)NO. The molecule has 29 heavy (non-hydrogen) atoms. The van der Waals surface area contributed by atoms with Crippen molar-refractivity contribution >= 4 is 29.3 Å². The van der Waals surface area contributed by atoms with Crippen LogP contribution >= 0.6 is 11.6 Å². The van der Waals surface area contributed by atoms with Crippen molar-refractivity contribution in [2.24, 2.45) is 0 Å². The van der Waals surface area contributed by atoms with E-state index in [2.05, 4.69) is 9.80 Å². The second-order valence-electron chi connectivity index (χ2n) is 6.93. The summed E-state index contributed by atoms with van der Waals surface area (Å²) in [6, 6.07) is 11.7. The van der Waals surface area contributed by atoms with Crippen molar-refractivity contribution in [1.82, 2.24) is 10.4 Å². The maximum Gasteiger partial charge on any atom is 0.267 e. The van der Waals surface area contributed by atoms with E-state index in [1.54, 1.807) is 11.6 Å². The molecule has 2 aliphatic heterocycles. The van der Waals surface area contributed by atoms with Gasteiger partial charge < -0.3 is 14.4 Å². The lowest BCUT2D eigenvalue weighted by Crippen LogP contribution is -2.46. The first-order valence-corrected chi connectivity index (χ1v) is 9.78. The van der Waals surface area contributed by atoms with Gasteiger partial charge in [-0.1, -0.05) is 29.8 Å². The Morgan fingerprint density at radius 2 is 1.86 bits per heavy atom. The molecule has 2 aromatic rings. The molecule has 8 heteroatoms. The van der Waals surface area contributed by atoms with Gasteiger partial charge in [-0.15, -0.1) is 0 Å². The zero-order valence-electron chi connectivity index (χ0n) is 15.8. The number of para-hydroxylation sites is 1. The van der Waals surface area contributed by atoms with Gasteiger partial charge in [-0.2, -0.15) is 0 Å². The molecule has 0 unspecified atom stereocenters. The Kier molecular flexibility index (Phi) is 5.89. The van der Waals surface area contributed by atoms with Gasteiger partial charge in [0, 0.05) is 55.6 Å². The topological polar surface area (TPSA) is 74.3 Å². The Morgan fingerprint density at radius 3 is 2.62 bits per heavy atom. The predicted molar refractivity (Wildman–Crippen MR) is 110 cm³/mol. The normalized spacial score (nSPS) is 16.4. The number of piperazine rings is 1. The van der Waals surface area contributed by atoms with Gasteiger partial charge in [0.1, 0.15) is 0 Å². The number of amides is 1. The molecule has 0 radical (unpaired) electrons. The largest absolute Gasteiger partial charge is 0.454 e. The molecular formula is C21H22ClN3O4. The molecule has 1 saturated heterocycles. The number of carbonyl (C=O) groups excluding carboxylic acids is 1. The number of rotatable bonds is 5. The monoisotopic (exact) mass is 415 g/mol. The zero-order valence-corrected chi connectivity index (χ0v) is 16.6. The minimum Gasteiger partial charge on any atom is -0.454 e. The van der Waals surface area contributed by atoms with E-state index >= 15 is 0 Å². The molecule has 2 aromatic carbocycles. The molecule has 2 heterocycles. The Hall–Kier alpha value is -2.74. The first-order valence-electron chi connectivity index (χ1n) is 9.40. The van der Waals surface area contributed by atoms with Crippen molar-refractivity contribution in [3.63, 3.8) is 0 Å². The van der Waals surface area contributed by atoms with E-state index in [1.807, 2.05) is 36.4 Å². The van der Waals surface area contributed by atoms with Gasteiger partial charge in [-0.05, 0) is 29.3 Å². The van der Waals surface area contributed by atoms with Gasteiger partial charge in [0.05, 0.1) is 0 Å². The summed E-state index contributed by atoms with van der Waals surface area (Å²) in [5.74, 6) is 0.893. The van der Waals surface area contributed by atoms with Crippen LogP contribution in [0.5, 0.6) is 11.5 Å². The van der Waals surface area contributed by atoms with E-state index in [1.165, 1.54) is 6.08 Å². The number of ether oxygens (including phenoxy) is 2. The van der Waals surface area contributed by atoms with Crippen LogP contribution in [0.4, 0.5) is 5.69 Å². The molecule has 0 aromatic heterocycles. The number of carbonyl (C=O) groups is 1. The van der Waals surface area contributed by atoms with Crippen LogP contribution in [0.3, 0.4) is 0 Å². The number of nitrogens with zero attached hydrogens (tertiary/aromatic N) is 2. The van der Waals surface area contributed by atoms with Crippen molar-refractivity contribution in [3.8, 4) is 11.5 Å². The summed E-state index contributed by atoms with van der Waals surface area (Å²) in [4.78, 5) is 16.0. The summed E-state index contributed by atoms with van der Waals surface area (Å²) in [5.41, 5.74) is 4.64. The maximum atomic E-state index is 11.3. The van der Waals surface area contributed by atoms with Gasteiger partial charge >= 0.3 is 0 Å². The smallest absolute Gasteiger partial charge is 0.267 e. The van der Waals surface area contributed by atoms with Gasteiger partial charge in [0.2, 0.25) is 6.79 Å². The van der Waals surface area contributed by atoms with Gasteiger partial charge in [-0.3, -0.25) is 14.9 Å². The van der Waals surface area contributed by atoms with Crippen LogP contribution in [0.1, 0.15) is 11.1 Å². The molecule has 152 valence electrons. The van der Waals surface area contributed by atoms with Crippen molar-refractivity contribution in [1.29, 1.82) is 0 Å². The molecule has 0 atom stereocenters. The van der Waals surface area contributed by atoms with Gasteiger partial charge in [0.25, 0.3) is 5.91 Å². The minimum absolute atomic E-state index is 0.238. The van der Waals surface area contributed by atoms with E-state index in [4.69, 9.17) is 26.3 Å². The average Bonchev–Trinajstić information content (AvgIpc) is 3.20. The Bertz CT molecular complexity index is 926.